The first kappa shape index (κ1) is 19.0. The van der Waals surface area contributed by atoms with E-state index in [-0.39, 0.29) is 11.8 Å². The second kappa shape index (κ2) is 8.33. The largest absolute Gasteiger partial charge is 0.349 e. The number of anilines is 1. The van der Waals surface area contributed by atoms with E-state index in [4.69, 9.17) is 11.6 Å². The molecule has 0 saturated heterocycles. The van der Waals surface area contributed by atoms with Crippen molar-refractivity contribution in [2.75, 3.05) is 11.9 Å². The highest BCUT2D eigenvalue weighted by atomic mass is 35.5. The minimum atomic E-state index is -0.0690. The van der Waals surface area contributed by atoms with Crippen LogP contribution in [0.15, 0.2) is 48.5 Å². The summed E-state index contributed by atoms with van der Waals surface area (Å²) in [4.78, 5) is 26.8. The number of halogens is 1. The number of nitrogens with one attached hydrogen (secondary N) is 2. The highest BCUT2D eigenvalue weighted by Gasteiger charge is 2.30. The van der Waals surface area contributed by atoms with Crippen LogP contribution in [0.1, 0.15) is 41.6 Å². The van der Waals surface area contributed by atoms with Gasteiger partial charge in [-0.2, -0.15) is 0 Å². The van der Waals surface area contributed by atoms with Gasteiger partial charge in [0.25, 0.3) is 5.91 Å². The summed E-state index contributed by atoms with van der Waals surface area (Å²) >= 11 is 6.12. The highest BCUT2D eigenvalue weighted by molar-refractivity contribution is 6.33. The van der Waals surface area contributed by atoms with Gasteiger partial charge in [-0.05, 0) is 55.5 Å². The van der Waals surface area contributed by atoms with E-state index in [0.717, 1.165) is 31.2 Å². The van der Waals surface area contributed by atoms with Crippen molar-refractivity contribution in [3.05, 3.63) is 64.7 Å². The molecule has 4 rings (SSSR count). The first-order valence-corrected chi connectivity index (χ1v) is 10.1. The van der Waals surface area contributed by atoms with Crippen LogP contribution in [-0.2, 0) is 11.3 Å². The van der Waals surface area contributed by atoms with Crippen molar-refractivity contribution in [2.24, 2.45) is 0 Å². The Labute approximate surface area is 170 Å². The number of carbonyl (C=O) groups is 2. The lowest BCUT2D eigenvalue weighted by Crippen LogP contribution is -2.34. The first-order chi connectivity index (χ1) is 13.6. The predicted molar refractivity (Wildman–Crippen MR) is 110 cm³/mol. The number of hydrogen-bond donors (Lipinski definition) is 2. The smallest absolute Gasteiger partial charge is 0.251 e. The number of para-hydroxylation sites is 1. The van der Waals surface area contributed by atoms with Gasteiger partial charge in [0.15, 0.2) is 0 Å². The molecule has 0 atom stereocenters. The summed E-state index contributed by atoms with van der Waals surface area (Å²) < 4.78 is 0. The molecule has 2 aliphatic rings. The maximum Gasteiger partial charge on any atom is 0.251 e. The van der Waals surface area contributed by atoms with Gasteiger partial charge in [-0.15, -0.1) is 0 Å². The molecular weight excluding hydrogens is 374 g/mol. The van der Waals surface area contributed by atoms with Crippen LogP contribution in [0.2, 0.25) is 5.02 Å². The molecule has 2 N–H and O–H groups in total. The average molecular weight is 398 g/mol. The normalized spacial score (nSPS) is 16.1. The summed E-state index contributed by atoms with van der Waals surface area (Å²) in [6.07, 6.45) is 4.38. The lowest BCUT2D eigenvalue weighted by atomic mass is 10.1. The molecular formula is C22H24ClN3O2. The Kier molecular flexibility index (Phi) is 5.64. The first-order valence-electron chi connectivity index (χ1n) is 9.77. The van der Waals surface area contributed by atoms with Crippen LogP contribution < -0.4 is 10.6 Å². The zero-order chi connectivity index (χ0) is 19.5. The lowest BCUT2D eigenvalue weighted by molar-refractivity contribution is -0.117. The number of benzene rings is 2. The fraction of sp³-hybridized carbons (Fsp3) is 0.364. The molecule has 5 nitrogen and oxygen atoms in total. The van der Waals surface area contributed by atoms with E-state index in [2.05, 4.69) is 15.5 Å². The van der Waals surface area contributed by atoms with E-state index in [1.54, 1.807) is 12.1 Å². The van der Waals surface area contributed by atoms with Gasteiger partial charge in [-0.3, -0.25) is 14.5 Å². The lowest BCUT2D eigenvalue weighted by Gasteiger charge is -2.22. The SMILES string of the molecule is O=C(CN(Cc1ccc(C(=O)NC2CC2)cc1)C1CC1)Nc1ccccc1Cl. The Hall–Kier alpha value is -2.37. The highest BCUT2D eigenvalue weighted by Crippen LogP contribution is 2.28. The molecule has 2 aliphatic carbocycles. The van der Waals surface area contributed by atoms with Gasteiger partial charge in [0, 0.05) is 24.2 Å². The zero-order valence-electron chi connectivity index (χ0n) is 15.7. The van der Waals surface area contributed by atoms with Gasteiger partial charge >= 0.3 is 0 Å². The summed E-state index contributed by atoms with van der Waals surface area (Å²) in [5.74, 6) is -0.0763. The molecule has 0 aliphatic heterocycles. The standard InChI is InChI=1S/C22H24ClN3O2/c23-19-3-1-2-4-20(19)25-21(27)14-26(18-11-12-18)13-15-5-7-16(8-6-15)22(28)24-17-9-10-17/h1-8,17-18H,9-14H2,(H,24,28)(H,25,27). The van der Waals surface area contributed by atoms with Crippen LogP contribution >= 0.6 is 11.6 Å². The van der Waals surface area contributed by atoms with Crippen molar-refractivity contribution in [2.45, 2.75) is 44.3 Å². The molecule has 2 saturated carbocycles. The van der Waals surface area contributed by atoms with E-state index < -0.39 is 0 Å². The maximum absolute atomic E-state index is 12.5. The molecule has 28 heavy (non-hydrogen) atoms. The molecule has 2 fully saturated rings. The van der Waals surface area contributed by atoms with Crippen molar-refractivity contribution in [3.63, 3.8) is 0 Å². The Morgan fingerprint density at radius 1 is 1.00 bits per heavy atom. The molecule has 2 aromatic carbocycles. The van der Waals surface area contributed by atoms with Crippen LogP contribution in [0.5, 0.6) is 0 Å². The Bertz CT molecular complexity index is 860. The zero-order valence-corrected chi connectivity index (χ0v) is 16.4. The van der Waals surface area contributed by atoms with E-state index in [0.29, 0.717) is 41.4 Å². The fourth-order valence-corrected chi connectivity index (χ4v) is 3.37. The monoisotopic (exact) mass is 397 g/mol. The summed E-state index contributed by atoms with van der Waals surface area (Å²) in [7, 11) is 0. The van der Waals surface area contributed by atoms with Crippen molar-refractivity contribution >= 4 is 29.1 Å². The Morgan fingerprint density at radius 3 is 2.36 bits per heavy atom. The fourth-order valence-electron chi connectivity index (χ4n) is 3.18. The molecule has 0 heterocycles. The minimum Gasteiger partial charge on any atom is -0.349 e. The van der Waals surface area contributed by atoms with Crippen molar-refractivity contribution in [3.8, 4) is 0 Å². The van der Waals surface area contributed by atoms with Gasteiger partial charge in [0.2, 0.25) is 5.91 Å². The predicted octanol–water partition coefficient (Wildman–Crippen LogP) is 3.84. The molecule has 0 bridgehead atoms. The summed E-state index contributed by atoms with van der Waals surface area (Å²) in [6.45, 7) is 1.00. The van der Waals surface area contributed by atoms with Gasteiger partial charge < -0.3 is 10.6 Å². The summed E-state index contributed by atoms with van der Waals surface area (Å²) in [5, 5.41) is 6.43. The third kappa shape index (κ3) is 5.12. The van der Waals surface area contributed by atoms with E-state index >= 15 is 0 Å². The van der Waals surface area contributed by atoms with Gasteiger partial charge in [-0.1, -0.05) is 35.9 Å². The molecule has 0 aromatic heterocycles. The number of nitrogens with zero attached hydrogens (tertiary/aromatic N) is 1. The third-order valence-electron chi connectivity index (χ3n) is 5.07. The van der Waals surface area contributed by atoms with E-state index in [1.165, 1.54) is 0 Å². The molecule has 146 valence electrons. The van der Waals surface area contributed by atoms with Crippen LogP contribution in [-0.4, -0.2) is 35.3 Å². The molecule has 0 radical (unpaired) electrons. The topological polar surface area (TPSA) is 61.4 Å². The van der Waals surface area contributed by atoms with Gasteiger partial charge in [-0.25, -0.2) is 0 Å². The second-order valence-corrected chi connectivity index (χ2v) is 8.02. The quantitative estimate of drug-likeness (QED) is 0.711. The van der Waals surface area contributed by atoms with Gasteiger partial charge in [0.1, 0.15) is 0 Å². The van der Waals surface area contributed by atoms with Crippen LogP contribution in [0.4, 0.5) is 5.69 Å². The van der Waals surface area contributed by atoms with Crippen LogP contribution in [0.25, 0.3) is 0 Å². The number of rotatable bonds is 8. The second-order valence-electron chi connectivity index (χ2n) is 7.61. The summed E-state index contributed by atoms with van der Waals surface area (Å²) in [6, 6.07) is 15.7. The van der Waals surface area contributed by atoms with Gasteiger partial charge in [0.05, 0.1) is 17.3 Å². The molecule has 6 heteroatoms. The molecule has 0 unspecified atom stereocenters. The number of carbonyl (C=O) groups excluding carboxylic acids is 2. The van der Waals surface area contributed by atoms with Crippen molar-refractivity contribution in [1.29, 1.82) is 0 Å². The molecule has 0 spiro atoms. The maximum atomic E-state index is 12.5. The molecule has 2 amide bonds. The Morgan fingerprint density at radius 2 is 1.71 bits per heavy atom. The van der Waals surface area contributed by atoms with Crippen molar-refractivity contribution in [1.82, 2.24) is 10.2 Å². The van der Waals surface area contributed by atoms with E-state index in [1.807, 2.05) is 36.4 Å². The number of hydrogen-bond acceptors (Lipinski definition) is 3. The summed E-state index contributed by atoms with van der Waals surface area (Å²) in [5.41, 5.74) is 2.42. The Balaban J connectivity index is 1.35. The van der Waals surface area contributed by atoms with Crippen LogP contribution in [0.3, 0.4) is 0 Å². The van der Waals surface area contributed by atoms with E-state index in [9.17, 15) is 9.59 Å². The van der Waals surface area contributed by atoms with Crippen molar-refractivity contribution < 1.29 is 9.59 Å². The average Bonchev–Trinajstić information content (AvgIpc) is 3.58. The minimum absolute atomic E-state index is 0.00721. The number of amides is 2. The molecule has 2 aromatic rings. The van der Waals surface area contributed by atoms with Crippen LogP contribution in [0, 0.1) is 0 Å². The third-order valence-corrected chi connectivity index (χ3v) is 5.40.